The van der Waals surface area contributed by atoms with Gasteiger partial charge < -0.3 is 9.11 Å². The summed E-state index contributed by atoms with van der Waals surface area (Å²) in [6.07, 6.45) is 1.58. The maximum Gasteiger partial charge on any atom is 0.410 e. The fourth-order valence-electron chi connectivity index (χ4n) is 1.22. The fraction of sp³-hybridized carbons (Fsp3) is 1.00. The molecule has 23 heavy (non-hydrogen) atoms. The van der Waals surface area contributed by atoms with Crippen LogP contribution in [0.3, 0.4) is 0 Å². The van der Waals surface area contributed by atoms with Crippen molar-refractivity contribution in [2.75, 3.05) is 55.0 Å². The second-order valence-electron chi connectivity index (χ2n) is 3.36. The molecule has 0 saturated heterocycles. The van der Waals surface area contributed by atoms with Gasteiger partial charge in [0, 0.05) is 10.4 Å². The molecule has 10 nitrogen and oxygen atoms in total. The van der Waals surface area contributed by atoms with E-state index in [1.165, 1.54) is 0 Å². The van der Waals surface area contributed by atoms with Crippen LogP contribution in [-0.4, -0.2) is 72.5 Å². The van der Waals surface area contributed by atoms with Crippen molar-refractivity contribution in [3.63, 3.8) is 0 Å². The number of rotatable bonds is 8. The summed E-state index contributed by atoms with van der Waals surface area (Å²) >= 11 is 0. The molecule has 0 heterocycles. The van der Waals surface area contributed by atoms with E-state index in [0.29, 0.717) is 0 Å². The minimum Gasteiger partial charge on any atom is -0.759 e. The Kier molecular flexibility index (Phi) is 18.2. The zero-order chi connectivity index (χ0) is 19.2. The van der Waals surface area contributed by atoms with Crippen molar-refractivity contribution in [3.05, 3.63) is 0 Å². The second-order valence-corrected chi connectivity index (χ2v) is 10.1. The molecule has 144 valence electrons. The van der Waals surface area contributed by atoms with Crippen LogP contribution in [-0.2, 0) is 37.5 Å². The highest BCUT2D eigenvalue weighted by Crippen LogP contribution is 2.60. The highest BCUT2D eigenvalue weighted by atomic mass is 32.3. The van der Waals surface area contributed by atoms with Crippen LogP contribution in [0.1, 0.15) is 13.8 Å². The molecule has 0 spiro atoms. The topological polar surface area (TPSA) is 136 Å². The maximum absolute atomic E-state index is 8.52. The summed E-state index contributed by atoms with van der Waals surface area (Å²) in [5, 5.41) is 0. The Morgan fingerprint density at radius 3 is 0.783 bits per heavy atom. The summed E-state index contributed by atoms with van der Waals surface area (Å²) < 4.78 is 64.4. The average Bonchev–Trinajstić information content (AvgIpc) is 2.52. The fourth-order valence-corrected chi connectivity index (χ4v) is 3.67. The van der Waals surface area contributed by atoms with Crippen LogP contribution >= 0.6 is 15.9 Å². The summed E-state index contributed by atoms with van der Waals surface area (Å²) in [6, 6.07) is 0. The molecular weight excluding hydrogens is 374 g/mol. The van der Waals surface area contributed by atoms with E-state index in [2.05, 4.69) is 0 Å². The van der Waals surface area contributed by atoms with Crippen molar-refractivity contribution in [2.45, 2.75) is 13.8 Å². The molecule has 0 bridgehead atoms. The van der Waals surface area contributed by atoms with Gasteiger partial charge in [-0.2, -0.15) is 27.1 Å². The quantitative estimate of drug-likeness (QED) is 0.337. The van der Waals surface area contributed by atoms with Crippen LogP contribution < -0.4 is 0 Å². The molecule has 0 aromatic carbocycles. The lowest BCUT2D eigenvalue weighted by atomic mass is 11.0. The molecule has 0 aliphatic rings. The van der Waals surface area contributed by atoms with E-state index in [9.17, 15) is 0 Å². The Bertz CT molecular complexity index is 294. The first-order chi connectivity index (χ1) is 10.5. The lowest BCUT2D eigenvalue weighted by Crippen LogP contribution is -2.02. The van der Waals surface area contributed by atoms with Crippen molar-refractivity contribution in [1.29, 1.82) is 0 Å². The van der Waals surface area contributed by atoms with Gasteiger partial charge in [-0.3, -0.25) is 8.42 Å². The zero-order valence-electron chi connectivity index (χ0n) is 14.8. The highest BCUT2D eigenvalue weighted by Gasteiger charge is 2.39. The normalized spacial score (nSPS) is 11.9. The molecular formula is C10H28O10P2S. The molecule has 0 aliphatic heterocycles. The largest absolute Gasteiger partial charge is 0.759 e. The van der Waals surface area contributed by atoms with Gasteiger partial charge in [0.2, 0.25) is 0 Å². The Morgan fingerprint density at radius 1 is 0.652 bits per heavy atom. The summed E-state index contributed by atoms with van der Waals surface area (Å²) in [4.78, 5) is 0. The Labute approximate surface area is 140 Å². The van der Waals surface area contributed by atoms with Gasteiger partial charge in [0.15, 0.2) is 0 Å². The summed E-state index contributed by atoms with van der Waals surface area (Å²) in [6.45, 7) is 3.95. The number of hydrogen-bond acceptors (Lipinski definition) is 10. The first-order valence-electron chi connectivity index (χ1n) is 6.26. The second kappa shape index (κ2) is 14.8. The van der Waals surface area contributed by atoms with E-state index in [-0.39, 0.29) is 0 Å². The lowest BCUT2D eigenvalue weighted by molar-refractivity contribution is 0.211. The van der Waals surface area contributed by atoms with Gasteiger partial charge in [-0.1, -0.05) is 0 Å². The van der Waals surface area contributed by atoms with Crippen LogP contribution in [0.15, 0.2) is 0 Å². The number of hydrogen-bond donors (Lipinski definition) is 0. The van der Waals surface area contributed by atoms with E-state index in [0.717, 1.165) is 12.3 Å². The molecule has 0 aromatic heterocycles. The zero-order valence-corrected chi connectivity index (χ0v) is 17.4. The Balaban J connectivity index is -0.000000273. The molecule has 0 unspecified atom stereocenters. The van der Waals surface area contributed by atoms with Crippen LogP contribution in [0.2, 0.25) is 0 Å². The Hall–Kier alpha value is 0.490. The minimum absolute atomic E-state index is 0.788. The molecule has 0 amide bonds. The third-order valence-electron chi connectivity index (χ3n) is 2.44. The van der Waals surface area contributed by atoms with Crippen LogP contribution in [0.4, 0.5) is 0 Å². The molecule has 0 radical (unpaired) electrons. The van der Waals surface area contributed by atoms with Gasteiger partial charge in [0.1, 0.15) is 12.3 Å². The Morgan fingerprint density at radius 2 is 0.783 bits per heavy atom. The van der Waals surface area contributed by atoms with Gasteiger partial charge in [0.25, 0.3) is 0 Å². The third kappa shape index (κ3) is 15.7. The van der Waals surface area contributed by atoms with Crippen molar-refractivity contribution in [2.24, 2.45) is 0 Å². The SMILES string of the molecule is CC[P+](OC)(OC)OC.CC[P+](OC)(OC)OC.O=S(=O)([O-])[O-]. The molecule has 0 aromatic rings. The third-order valence-corrected chi connectivity index (χ3v) is 7.33. The van der Waals surface area contributed by atoms with Gasteiger partial charge in [-0.05, 0) is 13.8 Å². The predicted molar refractivity (Wildman–Crippen MR) is 87.5 cm³/mol. The summed E-state index contributed by atoms with van der Waals surface area (Å²) in [5.41, 5.74) is 0. The van der Waals surface area contributed by atoms with Gasteiger partial charge >= 0.3 is 15.9 Å². The average molecular weight is 402 g/mol. The molecule has 0 fully saturated rings. The van der Waals surface area contributed by atoms with Gasteiger partial charge in [-0.25, -0.2) is 0 Å². The van der Waals surface area contributed by atoms with E-state index < -0.39 is 26.3 Å². The minimum atomic E-state index is -5.17. The molecule has 0 saturated carbocycles. The van der Waals surface area contributed by atoms with Crippen LogP contribution in [0.25, 0.3) is 0 Å². The van der Waals surface area contributed by atoms with E-state index in [1.54, 1.807) is 42.7 Å². The summed E-state index contributed by atoms with van der Waals surface area (Å²) in [5.74, 6) is 0. The van der Waals surface area contributed by atoms with E-state index >= 15 is 0 Å². The maximum atomic E-state index is 8.52. The van der Waals surface area contributed by atoms with Crippen molar-refractivity contribution >= 4 is 26.3 Å². The lowest BCUT2D eigenvalue weighted by Gasteiger charge is -2.14. The standard InChI is InChI=1S/2C5H14O3P.H2O4S/c2*1-5-9(6-2,7-3)8-4;1-5(2,3)4/h2*5H2,1-4H3;(H2,1,2,3,4)/q2*+1;/p-2. The monoisotopic (exact) mass is 402 g/mol. The highest BCUT2D eigenvalue weighted by molar-refractivity contribution is 7.79. The van der Waals surface area contributed by atoms with Crippen LogP contribution in [0.5, 0.6) is 0 Å². The molecule has 0 atom stereocenters. The predicted octanol–water partition coefficient (Wildman–Crippen LogP) is 2.08. The van der Waals surface area contributed by atoms with E-state index in [4.69, 9.17) is 44.7 Å². The van der Waals surface area contributed by atoms with Crippen molar-refractivity contribution in [3.8, 4) is 0 Å². The summed E-state index contributed by atoms with van der Waals surface area (Å²) in [7, 11) is 0.603. The van der Waals surface area contributed by atoms with Gasteiger partial charge in [0.05, 0.1) is 42.7 Å². The smallest absolute Gasteiger partial charge is 0.410 e. The van der Waals surface area contributed by atoms with Crippen molar-refractivity contribution < 1.29 is 44.7 Å². The van der Waals surface area contributed by atoms with Crippen molar-refractivity contribution in [1.82, 2.24) is 0 Å². The first-order valence-corrected chi connectivity index (χ1v) is 11.0. The molecule has 0 rings (SSSR count). The van der Waals surface area contributed by atoms with Gasteiger partial charge in [-0.15, -0.1) is 0 Å². The molecule has 13 heteroatoms. The van der Waals surface area contributed by atoms with Crippen LogP contribution in [0, 0.1) is 0 Å². The molecule has 0 N–H and O–H groups in total. The first kappa shape index (κ1) is 28.3. The van der Waals surface area contributed by atoms with E-state index in [1.807, 2.05) is 13.8 Å². The molecule has 0 aliphatic carbocycles.